The number of rotatable bonds is 13. The first-order valence-electron chi connectivity index (χ1n) is 7.03. The second kappa shape index (κ2) is 10.5. The van der Waals surface area contributed by atoms with Crippen LogP contribution in [0.15, 0.2) is 0 Å². The van der Waals surface area contributed by atoms with Gasteiger partial charge in [0, 0.05) is 0 Å². The summed E-state index contributed by atoms with van der Waals surface area (Å²) >= 11 is 0. The lowest BCUT2D eigenvalue weighted by Crippen LogP contribution is -2.33. The molecule has 0 aromatic rings. The number of hydrogen-bond donors (Lipinski definition) is 4. The second-order valence-electron chi connectivity index (χ2n) is 4.91. The Labute approximate surface area is 127 Å². The second-order valence-corrected chi connectivity index (χ2v) is 8.40. The van der Waals surface area contributed by atoms with Crippen molar-refractivity contribution in [3.8, 4) is 0 Å². The van der Waals surface area contributed by atoms with Crippen LogP contribution in [0.2, 0.25) is 0 Å². The zero-order valence-corrected chi connectivity index (χ0v) is 13.7. The molecule has 8 nitrogen and oxygen atoms in total. The van der Waals surface area contributed by atoms with Crippen LogP contribution in [0.4, 0.5) is 0 Å². The van der Waals surface area contributed by atoms with Gasteiger partial charge in [0.2, 0.25) is 4.58 Å². The van der Waals surface area contributed by atoms with Gasteiger partial charge in [-0.1, -0.05) is 25.7 Å². The molecule has 5 N–H and O–H groups in total. The fourth-order valence-corrected chi connectivity index (χ4v) is 3.96. The van der Waals surface area contributed by atoms with Crippen LogP contribution < -0.4 is 11.1 Å². The molecule has 0 saturated heterocycles. The summed E-state index contributed by atoms with van der Waals surface area (Å²) in [7, 11) is -9.64. The molecular weight excluding hydrogens is 320 g/mol. The minimum absolute atomic E-state index is 0.0808. The number of hydrogen-bond acceptors (Lipinski definition) is 6. The third-order valence-electron chi connectivity index (χ3n) is 3.03. The van der Waals surface area contributed by atoms with Gasteiger partial charge in [-0.05, 0) is 38.9 Å². The Kier molecular flexibility index (Phi) is 10.3. The van der Waals surface area contributed by atoms with Gasteiger partial charge in [0.15, 0.2) is 0 Å². The molecule has 0 saturated carbocycles. The minimum atomic E-state index is -4.82. The molecule has 128 valence electrons. The first kappa shape index (κ1) is 20.7. The lowest BCUT2D eigenvalue weighted by Gasteiger charge is -2.11. The number of nitrogens with one attached hydrogen (secondary N) is 1. The zero-order chi connectivity index (χ0) is 16.4. The molecule has 0 bridgehead atoms. The molecule has 0 aromatic carbocycles. The van der Waals surface area contributed by atoms with Crippen LogP contribution in [0.5, 0.6) is 0 Å². The van der Waals surface area contributed by atoms with E-state index in [-0.39, 0.29) is 6.54 Å². The van der Waals surface area contributed by atoms with Crippen molar-refractivity contribution < 1.29 is 25.9 Å². The molecule has 0 aliphatic rings. The first-order valence-corrected chi connectivity index (χ1v) is 10.0. The van der Waals surface area contributed by atoms with Gasteiger partial charge in [-0.2, -0.15) is 16.8 Å². The van der Waals surface area contributed by atoms with Crippen molar-refractivity contribution in [1.29, 1.82) is 0 Å². The van der Waals surface area contributed by atoms with Crippen molar-refractivity contribution >= 4 is 20.2 Å². The van der Waals surface area contributed by atoms with E-state index in [1.165, 1.54) is 0 Å². The normalized spacial score (nSPS) is 13.0. The predicted molar refractivity (Wildman–Crippen MR) is 81.1 cm³/mol. The van der Waals surface area contributed by atoms with Crippen molar-refractivity contribution in [2.24, 2.45) is 5.73 Å². The summed E-state index contributed by atoms with van der Waals surface area (Å²) in [6, 6.07) is 0. The zero-order valence-electron chi connectivity index (χ0n) is 12.1. The molecule has 0 rings (SSSR count). The van der Waals surface area contributed by atoms with Gasteiger partial charge in [-0.15, -0.1) is 0 Å². The maximum Gasteiger partial charge on any atom is 0.284 e. The average Bonchev–Trinajstić information content (AvgIpc) is 2.32. The SMILES string of the molecule is NCCCCCCCCNCCC(S(=O)(=O)O)S(=O)(=O)O. The van der Waals surface area contributed by atoms with Gasteiger partial charge in [0.25, 0.3) is 20.2 Å². The van der Waals surface area contributed by atoms with E-state index in [1.807, 2.05) is 0 Å². The molecule has 10 heteroatoms. The molecule has 0 radical (unpaired) electrons. The Hall–Kier alpha value is -0.260. The fraction of sp³-hybridized carbons (Fsp3) is 1.00. The van der Waals surface area contributed by atoms with Crippen molar-refractivity contribution in [3.63, 3.8) is 0 Å². The number of unbranched alkanes of at least 4 members (excludes halogenated alkanes) is 5. The van der Waals surface area contributed by atoms with Gasteiger partial charge in [0.1, 0.15) is 0 Å². The van der Waals surface area contributed by atoms with E-state index in [4.69, 9.17) is 14.8 Å². The molecule has 0 aliphatic carbocycles. The van der Waals surface area contributed by atoms with Gasteiger partial charge >= 0.3 is 0 Å². The summed E-state index contributed by atoms with van der Waals surface area (Å²) in [6.07, 6.45) is 5.90. The van der Waals surface area contributed by atoms with Gasteiger partial charge in [-0.25, -0.2) is 0 Å². The van der Waals surface area contributed by atoms with Crippen molar-refractivity contribution in [3.05, 3.63) is 0 Å². The Balaban J connectivity index is 3.75. The van der Waals surface area contributed by atoms with Crippen LogP contribution in [0, 0.1) is 0 Å². The van der Waals surface area contributed by atoms with E-state index >= 15 is 0 Å². The Morgan fingerprint density at radius 3 is 1.76 bits per heavy atom. The van der Waals surface area contributed by atoms with Crippen LogP contribution in [0.25, 0.3) is 0 Å². The highest BCUT2D eigenvalue weighted by atomic mass is 32.3. The summed E-state index contributed by atoms with van der Waals surface area (Å²) in [5.41, 5.74) is 5.38. The molecule has 0 atom stereocenters. The standard InChI is InChI=1S/C11H26N2O6S2/c12-8-5-3-1-2-4-6-9-13-10-7-11(20(14,15)16)21(17,18)19/h11,13H,1-10,12H2,(H,14,15,16)(H,17,18,19). The quantitative estimate of drug-likeness (QED) is 0.276. The number of nitrogens with two attached hydrogens (primary N) is 1. The van der Waals surface area contributed by atoms with E-state index in [0.29, 0.717) is 13.1 Å². The van der Waals surface area contributed by atoms with Crippen LogP contribution in [-0.2, 0) is 20.2 Å². The highest BCUT2D eigenvalue weighted by Gasteiger charge is 2.34. The fourth-order valence-electron chi connectivity index (χ4n) is 1.90. The summed E-state index contributed by atoms with van der Waals surface area (Å²) in [4.78, 5) is 0. The highest BCUT2D eigenvalue weighted by molar-refractivity contribution is 8.03. The van der Waals surface area contributed by atoms with Gasteiger partial charge in [0.05, 0.1) is 0 Å². The van der Waals surface area contributed by atoms with Crippen LogP contribution in [0.3, 0.4) is 0 Å². The lowest BCUT2D eigenvalue weighted by atomic mass is 10.1. The molecule has 0 fully saturated rings. The molecule has 0 unspecified atom stereocenters. The molecule has 21 heavy (non-hydrogen) atoms. The van der Waals surface area contributed by atoms with Gasteiger partial charge < -0.3 is 11.1 Å². The Bertz CT molecular complexity index is 431. The molecule has 0 amide bonds. The average molecular weight is 346 g/mol. The van der Waals surface area contributed by atoms with E-state index in [9.17, 15) is 16.8 Å². The van der Waals surface area contributed by atoms with E-state index < -0.39 is 31.2 Å². The maximum absolute atomic E-state index is 10.8. The molecular formula is C11H26N2O6S2. The lowest BCUT2D eigenvalue weighted by molar-refractivity contribution is 0.447. The highest BCUT2D eigenvalue weighted by Crippen LogP contribution is 2.10. The Morgan fingerprint density at radius 2 is 1.29 bits per heavy atom. The van der Waals surface area contributed by atoms with E-state index in [2.05, 4.69) is 5.32 Å². The smallest absolute Gasteiger partial charge is 0.284 e. The van der Waals surface area contributed by atoms with Crippen molar-refractivity contribution in [2.45, 2.75) is 49.5 Å². The summed E-state index contributed by atoms with van der Waals surface area (Å²) < 4.78 is 58.7. The monoisotopic (exact) mass is 346 g/mol. The molecule has 0 heterocycles. The van der Waals surface area contributed by atoms with E-state index in [1.54, 1.807) is 0 Å². The van der Waals surface area contributed by atoms with Crippen LogP contribution >= 0.6 is 0 Å². The van der Waals surface area contributed by atoms with Crippen LogP contribution in [-0.4, -0.2) is 50.2 Å². The maximum atomic E-state index is 10.8. The molecule has 0 aliphatic heterocycles. The van der Waals surface area contributed by atoms with Crippen LogP contribution in [0.1, 0.15) is 44.9 Å². The summed E-state index contributed by atoms with van der Waals surface area (Å²) in [6.45, 7) is 1.42. The summed E-state index contributed by atoms with van der Waals surface area (Å²) in [5.74, 6) is 0. The van der Waals surface area contributed by atoms with E-state index in [0.717, 1.165) is 38.5 Å². The first-order chi connectivity index (χ1) is 9.69. The molecule has 0 spiro atoms. The van der Waals surface area contributed by atoms with Crippen molar-refractivity contribution in [1.82, 2.24) is 5.32 Å². The minimum Gasteiger partial charge on any atom is -0.330 e. The largest absolute Gasteiger partial charge is 0.330 e. The Morgan fingerprint density at radius 1 is 0.810 bits per heavy atom. The van der Waals surface area contributed by atoms with Crippen molar-refractivity contribution in [2.75, 3.05) is 19.6 Å². The third kappa shape index (κ3) is 11.0. The van der Waals surface area contributed by atoms with Gasteiger partial charge in [-0.3, -0.25) is 9.11 Å². The topological polar surface area (TPSA) is 147 Å². The molecule has 0 aromatic heterocycles. The third-order valence-corrected chi connectivity index (χ3v) is 6.29. The predicted octanol–water partition coefficient (Wildman–Crippen LogP) is 0.367. The summed E-state index contributed by atoms with van der Waals surface area (Å²) in [5, 5.41) is 2.89.